The van der Waals surface area contributed by atoms with E-state index in [1.165, 1.54) is 23.9 Å². The molecule has 2 N–H and O–H groups in total. The number of nitrogens with zero attached hydrogens (tertiary/aromatic N) is 3. The van der Waals surface area contributed by atoms with Gasteiger partial charge in [-0.15, -0.1) is 0 Å². The molecule has 9 rings (SSSR count). The number of carbonyl (C=O) groups excluding carboxylic acids is 1. The van der Waals surface area contributed by atoms with E-state index >= 15 is 0 Å². The van der Waals surface area contributed by atoms with Gasteiger partial charge in [0.1, 0.15) is 11.5 Å². The highest BCUT2D eigenvalue weighted by Crippen LogP contribution is 2.47. The Bertz CT molecular complexity index is 1970. The number of thiazole rings is 1. The maximum atomic E-state index is 13.0. The Morgan fingerprint density at radius 1 is 1.02 bits per heavy atom. The average Bonchev–Trinajstić information content (AvgIpc) is 3.69. The first-order valence-corrected chi connectivity index (χ1v) is 18.9. The van der Waals surface area contributed by atoms with Gasteiger partial charge in [-0.05, 0) is 97.5 Å². The molecule has 1 amide bonds. The summed E-state index contributed by atoms with van der Waals surface area (Å²) >= 11 is 16.2. The number of amides is 1. The van der Waals surface area contributed by atoms with Crippen LogP contribution in [-0.4, -0.2) is 34.2 Å². The molecule has 2 aliphatic carbocycles. The molecule has 248 valence electrons. The van der Waals surface area contributed by atoms with Gasteiger partial charge in [0.25, 0.3) is 5.91 Å². The van der Waals surface area contributed by atoms with Crippen molar-refractivity contribution in [1.82, 2.24) is 20.2 Å². The van der Waals surface area contributed by atoms with Crippen LogP contribution in [0.1, 0.15) is 86.0 Å². The Morgan fingerprint density at radius 2 is 1.75 bits per heavy atom. The van der Waals surface area contributed by atoms with E-state index in [9.17, 15) is 4.79 Å². The van der Waals surface area contributed by atoms with Gasteiger partial charge < -0.3 is 14.7 Å². The predicted octanol–water partition coefficient (Wildman–Crippen LogP) is 9.77. The number of hydrogen-bond acceptors (Lipinski definition) is 8. The first-order chi connectivity index (χ1) is 23.1. The highest BCUT2D eigenvalue weighted by atomic mass is 35.5. The molecule has 2 saturated heterocycles. The first-order valence-electron chi connectivity index (χ1n) is 16.5. The number of carbonyl (C=O) groups is 1. The smallest absolute Gasteiger partial charge is 0.261 e. The summed E-state index contributed by atoms with van der Waals surface area (Å²) in [5.74, 6) is 1.28. The Balaban J connectivity index is 0.908. The molecule has 3 aromatic carbocycles. The first kappa shape index (κ1) is 32.1. The normalized spacial score (nSPS) is 20.6. The number of fused-ring (bicyclic) bond motifs is 3. The maximum absolute atomic E-state index is 13.0. The number of aromatic nitrogens is 2. The van der Waals surface area contributed by atoms with E-state index in [1.54, 1.807) is 11.3 Å². The fourth-order valence-corrected chi connectivity index (χ4v) is 9.36. The van der Waals surface area contributed by atoms with Gasteiger partial charge in [0, 0.05) is 52.2 Å². The summed E-state index contributed by atoms with van der Waals surface area (Å²) in [5.41, 5.74) is 5.51. The summed E-state index contributed by atoms with van der Waals surface area (Å²) in [5, 5.41) is 10.5. The minimum Gasteiger partial charge on any atom is -0.360 e. The minimum atomic E-state index is -0.107. The molecule has 2 aromatic heterocycles. The zero-order valence-corrected chi connectivity index (χ0v) is 30.2. The van der Waals surface area contributed by atoms with Gasteiger partial charge in [-0.3, -0.25) is 9.52 Å². The SMILES string of the molecule is CC(C)(C)c1ccc(SNC(=O)c2ccc3nc(N4C5CC(NCc6c(-c7c(Cl)cccc7Cl)noc6C6CC6)CC4C5)sc3c2)cc1. The summed E-state index contributed by atoms with van der Waals surface area (Å²) in [6.07, 6.45) is 5.51. The van der Waals surface area contributed by atoms with E-state index in [2.05, 4.69) is 65.1 Å². The third-order valence-electron chi connectivity index (χ3n) is 9.82. The van der Waals surface area contributed by atoms with Crippen LogP contribution in [0.4, 0.5) is 5.13 Å². The summed E-state index contributed by atoms with van der Waals surface area (Å²) in [6, 6.07) is 21.0. The molecule has 2 bridgehead atoms. The summed E-state index contributed by atoms with van der Waals surface area (Å²) < 4.78 is 9.91. The van der Waals surface area contributed by atoms with E-state index in [-0.39, 0.29) is 11.3 Å². The van der Waals surface area contributed by atoms with Crippen molar-refractivity contribution >= 4 is 67.7 Å². The van der Waals surface area contributed by atoms with E-state index in [1.807, 2.05) is 36.4 Å². The lowest BCUT2D eigenvalue weighted by atomic mass is 9.77. The molecular weight excluding hydrogens is 681 g/mol. The molecule has 7 nitrogen and oxygen atoms in total. The van der Waals surface area contributed by atoms with E-state index in [0.717, 1.165) is 68.5 Å². The number of halogens is 2. The van der Waals surface area contributed by atoms with Crippen LogP contribution in [0.3, 0.4) is 0 Å². The Hall–Kier alpha value is -3.08. The number of nitrogens with one attached hydrogen (secondary N) is 2. The van der Waals surface area contributed by atoms with Crippen molar-refractivity contribution in [3.8, 4) is 11.3 Å². The second-order valence-electron chi connectivity index (χ2n) is 14.2. The van der Waals surface area contributed by atoms with Gasteiger partial charge in [-0.1, -0.05) is 78.7 Å². The summed E-state index contributed by atoms with van der Waals surface area (Å²) in [7, 11) is 0. The molecule has 2 atom stereocenters. The second kappa shape index (κ2) is 12.7. The maximum Gasteiger partial charge on any atom is 0.261 e. The van der Waals surface area contributed by atoms with Crippen molar-refractivity contribution in [1.29, 1.82) is 0 Å². The molecule has 4 heterocycles. The second-order valence-corrected chi connectivity index (χ2v) is 16.9. The van der Waals surface area contributed by atoms with Crippen LogP contribution in [0.25, 0.3) is 21.5 Å². The van der Waals surface area contributed by atoms with Gasteiger partial charge in [0.15, 0.2) is 5.13 Å². The average molecular weight is 719 g/mol. The molecule has 11 heteroatoms. The van der Waals surface area contributed by atoms with Crippen molar-refractivity contribution in [3.05, 3.63) is 93.2 Å². The zero-order chi connectivity index (χ0) is 33.2. The highest BCUT2D eigenvalue weighted by Gasteiger charge is 2.46. The van der Waals surface area contributed by atoms with Crippen molar-refractivity contribution in [2.75, 3.05) is 4.90 Å². The molecular formula is C37H37Cl2N5O2S2. The monoisotopic (exact) mass is 717 g/mol. The van der Waals surface area contributed by atoms with E-state index in [0.29, 0.717) is 46.2 Å². The fraction of sp³-hybridized carbons (Fsp3) is 0.378. The lowest BCUT2D eigenvalue weighted by molar-refractivity contribution is 0.0984. The third kappa shape index (κ3) is 6.24. The molecule has 48 heavy (non-hydrogen) atoms. The van der Waals surface area contributed by atoms with Crippen molar-refractivity contribution in [2.45, 2.75) is 93.8 Å². The molecule has 0 spiro atoms. The van der Waals surface area contributed by atoms with Crippen molar-refractivity contribution in [3.63, 3.8) is 0 Å². The Kier molecular flexibility index (Phi) is 8.48. The number of benzene rings is 3. The molecule has 0 radical (unpaired) electrons. The predicted molar refractivity (Wildman–Crippen MR) is 197 cm³/mol. The molecule has 2 unspecified atom stereocenters. The van der Waals surface area contributed by atoms with Crippen molar-refractivity contribution < 1.29 is 9.32 Å². The standard InChI is InChI=1S/C37H37Cl2N5O2S2/c1-37(2,3)22-10-12-26(13-11-22)48-43-35(45)21-9-14-30-31(15-21)47-36(41-30)44-24-16-23(17-25(44)18-24)40-19-27-33(42-46-34(27)20-7-8-20)32-28(38)5-4-6-29(32)39/h4-6,9-15,20,23-25,40H,7-8,16-19H2,1-3H3,(H,43,45). The Morgan fingerprint density at radius 3 is 2.44 bits per heavy atom. The molecule has 5 aromatic rings. The van der Waals surface area contributed by atoms with Gasteiger partial charge in [-0.2, -0.15) is 0 Å². The van der Waals surface area contributed by atoms with Gasteiger partial charge >= 0.3 is 0 Å². The number of hydrogen-bond donors (Lipinski definition) is 2. The highest BCUT2D eigenvalue weighted by molar-refractivity contribution is 7.98. The number of anilines is 1. The molecule has 2 saturated carbocycles. The van der Waals surface area contributed by atoms with E-state index < -0.39 is 0 Å². The lowest BCUT2D eigenvalue weighted by Gasteiger charge is -2.55. The zero-order valence-electron chi connectivity index (χ0n) is 27.1. The summed E-state index contributed by atoms with van der Waals surface area (Å²) in [6.45, 7) is 7.26. The summed E-state index contributed by atoms with van der Waals surface area (Å²) in [4.78, 5) is 21.5. The van der Waals surface area contributed by atoms with Gasteiger partial charge in [0.2, 0.25) is 0 Å². The molecule has 4 fully saturated rings. The van der Waals surface area contributed by atoms with Crippen LogP contribution >= 0.6 is 46.5 Å². The van der Waals surface area contributed by atoms with Crippen LogP contribution < -0.4 is 14.9 Å². The van der Waals surface area contributed by atoms with Crippen LogP contribution in [0.5, 0.6) is 0 Å². The topological polar surface area (TPSA) is 83.3 Å². The fourth-order valence-electron chi connectivity index (χ4n) is 7.03. The van der Waals surface area contributed by atoms with Gasteiger partial charge in [0.05, 0.1) is 20.3 Å². The van der Waals surface area contributed by atoms with E-state index in [4.69, 9.17) is 32.7 Å². The largest absolute Gasteiger partial charge is 0.360 e. The van der Waals surface area contributed by atoms with Crippen LogP contribution in [0, 0.1) is 0 Å². The minimum absolute atomic E-state index is 0.0967. The van der Waals surface area contributed by atoms with Crippen LogP contribution in [-0.2, 0) is 12.0 Å². The quantitative estimate of drug-likeness (QED) is 0.147. The Labute approximate surface area is 298 Å². The lowest BCUT2D eigenvalue weighted by Crippen LogP contribution is -2.64. The molecule has 2 aliphatic heterocycles. The van der Waals surface area contributed by atoms with Crippen LogP contribution in [0.15, 0.2) is 70.1 Å². The number of rotatable bonds is 9. The molecule has 4 aliphatic rings. The van der Waals surface area contributed by atoms with Crippen LogP contribution in [0.2, 0.25) is 10.0 Å². The van der Waals surface area contributed by atoms with Crippen molar-refractivity contribution in [2.24, 2.45) is 0 Å². The third-order valence-corrected chi connectivity index (χ3v) is 12.3. The number of piperidine rings is 1. The van der Waals surface area contributed by atoms with Gasteiger partial charge in [-0.25, -0.2) is 4.98 Å².